The van der Waals surface area contributed by atoms with Crippen LogP contribution in [0.4, 0.5) is 18.9 Å². The van der Waals surface area contributed by atoms with Crippen molar-refractivity contribution in [3.05, 3.63) is 58.7 Å². The van der Waals surface area contributed by atoms with Crippen molar-refractivity contribution in [2.75, 3.05) is 11.6 Å². The minimum Gasteiger partial charge on any atom is -0.322 e. The number of rotatable bonds is 3. The molecule has 0 atom stereocenters. The van der Waals surface area contributed by atoms with E-state index in [0.29, 0.717) is 6.07 Å². The van der Waals surface area contributed by atoms with Crippen molar-refractivity contribution >= 4 is 21.4 Å². The number of benzene rings is 2. The Morgan fingerprint density at radius 1 is 1.07 bits per heavy atom. The standard InChI is InChI=1S/C17H10F3N3O3S/c1-27(25,26)15-5-2-10(8-21)6-13(15)16(24)23-12-3-4-14(17(18,19)20)11(7-12)9-22/h2-7H,1H3,(H,23,24). The maximum atomic E-state index is 12.8. The van der Waals surface area contributed by atoms with E-state index in [1.54, 1.807) is 6.07 Å². The van der Waals surface area contributed by atoms with Crippen LogP contribution in [0, 0.1) is 22.7 Å². The van der Waals surface area contributed by atoms with Crippen molar-refractivity contribution < 1.29 is 26.4 Å². The third kappa shape index (κ3) is 4.43. The molecular formula is C17H10F3N3O3S. The summed E-state index contributed by atoms with van der Waals surface area (Å²) in [5, 5.41) is 20.1. The predicted molar refractivity (Wildman–Crippen MR) is 88.4 cm³/mol. The lowest BCUT2D eigenvalue weighted by atomic mass is 10.1. The number of nitriles is 2. The Balaban J connectivity index is 2.47. The first-order valence-corrected chi connectivity index (χ1v) is 9.03. The Morgan fingerprint density at radius 3 is 2.26 bits per heavy atom. The van der Waals surface area contributed by atoms with Gasteiger partial charge in [-0.1, -0.05) is 0 Å². The quantitative estimate of drug-likeness (QED) is 0.861. The number of hydrogen-bond acceptors (Lipinski definition) is 5. The zero-order valence-electron chi connectivity index (χ0n) is 13.6. The van der Waals surface area contributed by atoms with Crippen LogP contribution in [0.3, 0.4) is 0 Å². The maximum Gasteiger partial charge on any atom is 0.417 e. The Labute approximate surface area is 152 Å². The lowest BCUT2D eigenvalue weighted by molar-refractivity contribution is -0.137. The van der Waals surface area contributed by atoms with Crippen LogP contribution in [0.2, 0.25) is 0 Å². The molecule has 0 saturated carbocycles. The number of carbonyl (C=O) groups is 1. The van der Waals surface area contributed by atoms with E-state index in [2.05, 4.69) is 5.32 Å². The number of hydrogen-bond donors (Lipinski definition) is 1. The van der Waals surface area contributed by atoms with E-state index in [1.165, 1.54) is 12.1 Å². The molecule has 0 unspecified atom stereocenters. The number of nitrogens with zero attached hydrogens (tertiary/aromatic N) is 2. The number of halogens is 3. The van der Waals surface area contributed by atoms with Gasteiger partial charge in [0.15, 0.2) is 9.84 Å². The van der Waals surface area contributed by atoms with Crippen molar-refractivity contribution in [3.63, 3.8) is 0 Å². The van der Waals surface area contributed by atoms with Crippen LogP contribution in [0.15, 0.2) is 41.3 Å². The number of anilines is 1. The van der Waals surface area contributed by atoms with Crippen molar-refractivity contribution in [2.24, 2.45) is 0 Å². The fraction of sp³-hybridized carbons (Fsp3) is 0.118. The van der Waals surface area contributed by atoms with Crippen LogP contribution < -0.4 is 5.32 Å². The van der Waals surface area contributed by atoms with Gasteiger partial charge in [0, 0.05) is 11.9 Å². The van der Waals surface area contributed by atoms with Crippen LogP contribution >= 0.6 is 0 Å². The minimum absolute atomic E-state index is 0.0256. The topological polar surface area (TPSA) is 111 Å². The summed E-state index contributed by atoms with van der Waals surface area (Å²) in [5.74, 6) is -0.948. The Bertz CT molecular complexity index is 1110. The third-order valence-electron chi connectivity index (χ3n) is 3.46. The second-order valence-corrected chi connectivity index (χ2v) is 7.40. The summed E-state index contributed by atoms with van der Waals surface area (Å²) in [6.45, 7) is 0. The highest BCUT2D eigenvalue weighted by atomic mass is 32.2. The fourth-order valence-electron chi connectivity index (χ4n) is 2.26. The van der Waals surface area contributed by atoms with Gasteiger partial charge in [-0.25, -0.2) is 8.42 Å². The summed E-state index contributed by atoms with van der Waals surface area (Å²) in [5.41, 5.74) is -2.31. The van der Waals surface area contributed by atoms with Crippen molar-refractivity contribution in [1.29, 1.82) is 10.5 Å². The van der Waals surface area contributed by atoms with Gasteiger partial charge in [0.2, 0.25) is 0 Å². The Morgan fingerprint density at radius 2 is 1.74 bits per heavy atom. The Hall–Kier alpha value is -3.37. The van der Waals surface area contributed by atoms with E-state index < -0.39 is 33.0 Å². The van der Waals surface area contributed by atoms with Crippen LogP contribution in [-0.4, -0.2) is 20.6 Å². The molecule has 27 heavy (non-hydrogen) atoms. The van der Waals surface area contributed by atoms with Gasteiger partial charge >= 0.3 is 6.18 Å². The highest BCUT2D eigenvalue weighted by molar-refractivity contribution is 7.90. The average Bonchev–Trinajstić information content (AvgIpc) is 2.59. The van der Waals surface area contributed by atoms with Crippen molar-refractivity contribution in [1.82, 2.24) is 0 Å². The molecule has 0 aliphatic heterocycles. The molecule has 2 aromatic rings. The van der Waals surface area contributed by atoms with E-state index in [1.807, 2.05) is 0 Å². The van der Waals surface area contributed by atoms with Crippen molar-refractivity contribution in [3.8, 4) is 12.1 Å². The second-order valence-electron chi connectivity index (χ2n) is 5.42. The highest BCUT2D eigenvalue weighted by Crippen LogP contribution is 2.33. The monoisotopic (exact) mass is 393 g/mol. The zero-order valence-corrected chi connectivity index (χ0v) is 14.4. The summed E-state index contributed by atoms with van der Waals surface area (Å²) in [4.78, 5) is 12.1. The predicted octanol–water partition coefficient (Wildman–Crippen LogP) is 3.10. The zero-order chi connectivity index (χ0) is 20.4. The maximum absolute atomic E-state index is 12.8. The number of sulfone groups is 1. The molecule has 10 heteroatoms. The van der Waals surface area contributed by atoms with Gasteiger partial charge in [0.25, 0.3) is 5.91 Å². The molecule has 0 aliphatic rings. The summed E-state index contributed by atoms with van der Waals surface area (Å²) in [7, 11) is -3.81. The summed E-state index contributed by atoms with van der Waals surface area (Å²) >= 11 is 0. The van der Waals surface area contributed by atoms with Gasteiger partial charge in [0.1, 0.15) is 0 Å². The molecule has 0 spiro atoms. The van der Waals surface area contributed by atoms with E-state index in [0.717, 1.165) is 30.5 Å². The van der Waals surface area contributed by atoms with E-state index >= 15 is 0 Å². The van der Waals surface area contributed by atoms with Gasteiger partial charge in [-0.15, -0.1) is 0 Å². The van der Waals surface area contributed by atoms with Crippen molar-refractivity contribution in [2.45, 2.75) is 11.1 Å². The van der Waals surface area contributed by atoms with Crippen LogP contribution in [-0.2, 0) is 16.0 Å². The summed E-state index contributed by atoms with van der Waals surface area (Å²) < 4.78 is 62.1. The molecular weight excluding hydrogens is 383 g/mol. The summed E-state index contributed by atoms with van der Waals surface area (Å²) in [6, 6.07) is 8.94. The summed E-state index contributed by atoms with van der Waals surface area (Å²) in [6.07, 6.45) is -3.87. The lowest BCUT2D eigenvalue weighted by Crippen LogP contribution is -2.17. The largest absolute Gasteiger partial charge is 0.417 e. The molecule has 2 rings (SSSR count). The smallest absolute Gasteiger partial charge is 0.322 e. The molecule has 0 aliphatic carbocycles. The third-order valence-corrected chi connectivity index (χ3v) is 4.61. The molecule has 0 heterocycles. The highest BCUT2D eigenvalue weighted by Gasteiger charge is 2.33. The van der Waals surface area contributed by atoms with E-state index in [4.69, 9.17) is 10.5 Å². The lowest BCUT2D eigenvalue weighted by Gasteiger charge is -2.12. The normalized spacial score (nSPS) is 11.3. The number of alkyl halides is 3. The fourth-order valence-corrected chi connectivity index (χ4v) is 3.13. The molecule has 1 N–H and O–H groups in total. The molecule has 0 fully saturated rings. The van der Waals surface area contributed by atoms with E-state index in [-0.39, 0.29) is 21.7 Å². The van der Waals surface area contributed by atoms with Gasteiger partial charge in [-0.3, -0.25) is 4.79 Å². The molecule has 2 aromatic carbocycles. The molecule has 1 amide bonds. The number of carbonyl (C=O) groups excluding carboxylic acids is 1. The molecule has 0 aromatic heterocycles. The molecule has 138 valence electrons. The number of amides is 1. The van der Waals surface area contributed by atoms with Crippen LogP contribution in [0.5, 0.6) is 0 Å². The van der Waals surface area contributed by atoms with E-state index in [9.17, 15) is 26.4 Å². The van der Waals surface area contributed by atoms with Gasteiger partial charge in [0.05, 0.1) is 39.3 Å². The van der Waals surface area contributed by atoms with Crippen LogP contribution in [0.25, 0.3) is 0 Å². The molecule has 0 bridgehead atoms. The molecule has 0 saturated heterocycles. The minimum atomic E-state index is -4.74. The Kier molecular flexibility index (Phi) is 5.24. The second kappa shape index (κ2) is 7.09. The number of nitrogens with one attached hydrogen (secondary N) is 1. The first kappa shape index (κ1) is 19.9. The molecule has 0 radical (unpaired) electrons. The van der Waals surface area contributed by atoms with Crippen LogP contribution in [0.1, 0.15) is 27.0 Å². The average molecular weight is 393 g/mol. The first-order chi connectivity index (χ1) is 12.5. The molecule has 6 nitrogen and oxygen atoms in total. The van der Waals surface area contributed by atoms with Gasteiger partial charge in [-0.2, -0.15) is 23.7 Å². The first-order valence-electron chi connectivity index (χ1n) is 7.14. The van der Waals surface area contributed by atoms with Gasteiger partial charge in [-0.05, 0) is 36.4 Å². The SMILES string of the molecule is CS(=O)(=O)c1ccc(C#N)cc1C(=O)Nc1ccc(C(F)(F)F)c(C#N)c1. The van der Waals surface area contributed by atoms with Gasteiger partial charge < -0.3 is 5.32 Å².